The van der Waals surface area contributed by atoms with Gasteiger partial charge in [-0.25, -0.2) is 9.59 Å². The van der Waals surface area contributed by atoms with Crippen molar-refractivity contribution in [3.63, 3.8) is 0 Å². The maximum Gasteiger partial charge on any atom is 0.411 e. The van der Waals surface area contributed by atoms with E-state index in [0.29, 0.717) is 18.0 Å². The molecule has 1 aromatic carbocycles. The summed E-state index contributed by atoms with van der Waals surface area (Å²) in [4.78, 5) is 26.4. The SMILES string of the molecule is CCCN1CCC(NC(=O)Nc2cccc(NC(=O)OCC(C)C)c2)CC1. The van der Waals surface area contributed by atoms with Gasteiger partial charge in [-0.05, 0) is 49.9 Å². The molecule has 0 spiro atoms. The first-order valence-corrected chi connectivity index (χ1v) is 9.80. The van der Waals surface area contributed by atoms with Crippen molar-refractivity contribution < 1.29 is 14.3 Å². The summed E-state index contributed by atoms with van der Waals surface area (Å²) in [5, 5.41) is 8.54. The summed E-state index contributed by atoms with van der Waals surface area (Å²) < 4.78 is 5.10. The minimum absolute atomic E-state index is 0.199. The van der Waals surface area contributed by atoms with Crippen molar-refractivity contribution in [1.29, 1.82) is 0 Å². The van der Waals surface area contributed by atoms with Gasteiger partial charge in [-0.3, -0.25) is 5.32 Å². The molecule has 3 amide bonds. The summed E-state index contributed by atoms with van der Waals surface area (Å²) in [5.41, 5.74) is 1.20. The quantitative estimate of drug-likeness (QED) is 0.674. The standard InChI is InChI=1S/C20H32N4O3/c1-4-10-24-11-8-16(9-12-24)21-19(25)22-17-6-5-7-18(13-17)23-20(26)27-14-15(2)3/h5-7,13,15-16H,4,8-12,14H2,1-3H3,(H,23,26)(H2,21,22,25). The number of anilines is 2. The van der Waals surface area contributed by atoms with Crippen LogP contribution in [0.5, 0.6) is 0 Å². The zero-order valence-corrected chi connectivity index (χ0v) is 16.6. The van der Waals surface area contributed by atoms with Gasteiger partial charge in [0.2, 0.25) is 0 Å². The number of amides is 3. The lowest BCUT2D eigenvalue weighted by molar-refractivity contribution is 0.147. The molecule has 27 heavy (non-hydrogen) atoms. The monoisotopic (exact) mass is 376 g/mol. The van der Waals surface area contributed by atoms with Gasteiger partial charge in [0.05, 0.1) is 6.61 Å². The Labute approximate surface area is 161 Å². The van der Waals surface area contributed by atoms with Gasteiger partial charge in [0.1, 0.15) is 0 Å². The Morgan fingerprint density at radius 3 is 2.48 bits per heavy atom. The average Bonchev–Trinajstić information content (AvgIpc) is 2.62. The Bertz CT molecular complexity index is 613. The highest BCUT2D eigenvalue weighted by Gasteiger charge is 2.20. The fraction of sp³-hybridized carbons (Fsp3) is 0.600. The second kappa shape index (κ2) is 10.8. The molecule has 1 heterocycles. The number of likely N-dealkylation sites (tertiary alicyclic amines) is 1. The molecule has 1 aromatic rings. The topological polar surface area (TPSA) is 82.7 Å². The van der Waals surface area contributed by atoms with Crippen molar-refractivity contribution in [3.8, 4) is 0 Å². The van der Waals surface area contributed by atoms with Crippen molar-refractivity contribution in [2.24, 2.45) is 5.92 Å². The van der Waals surface area contributed by atoms with Gasteiger partial charge in [0.15, 0.2) is 0 Å². The van der Waals surface area contributed by atoms with Gasteiger partial charge in [-0.15, -0.1) is 0 Å². The van der Waals surface area contributed by atoms with E-state index in [4.69, 9.17) is 4.74 Å². The Morgan fingerprint density at radius 1 is 1.19 bits per heavy atom. The van der Waals surface area contributed by atoms with E-state index in [1.807, 2.05) is 13.8 Å². The summed E-state index contributed by atoms with van der Waals surface area (Å²) in [7, 11) is 0. The minimum atomic E-state index is -0.496. The number of carbonyl (C=O) groups is 2. The normalized spacial score (nSPS) is 15.4. The van der Waals surface area contributed by atoms with Gasteiger partial charge in [-0.1, -0.05) is 26.8 Å². The molecular formula is C20H32N4O3. The molecule has 0 unspecified atom stereocenters. The zero-order chi connectivity index (χ0) is 19.6. The van der Waals surface area contributed by atoms with Crippen molar-refractivity contribution in [3.05, 3.63) is 24.3 Å². The molecule has 7 heteroatoms. The molecule has 0 bridgehead atoms. The molecule has 0 aliphatic carbocycles. The third-order valence-corrected chi connectivity index (χ3v) is 4.38. The second-order valence-electron chi connectivity index (χ2n) is 7.41. The van der Waals surface area contributed by atoms with Crippen LogP contribution < -0.4 is 16.0 Å². The highest BCUT2D eigenvalue weighted by Crippen LogP contribution is 2.16. The van der Waals surface area contributed by atoms with Crippen LogP contribution in [0.1, 0.15) is 40.0 Å². The second-order valence-corrected chi connectivity index (χ2v) is 7.41. The summed E-state index contributed by atoms with van der Waals surface area (Å²) in [6.45, 7) is 9.67. The van der Waals surface area contributed by atoms with Crippen molar-refractivity contribution in [2.75, 3.05) is 36.9 Å². The van der Waals surface area contributed by atoms with Gasteiger partial charge >= 0.3 is 12.1 Å². The van der Waals surface area contributed by atoms with Crippen molar-refractivity contribution in [1.82, 2.24) is 10.2 Å². The third kappa shape index (κ3) is 7.86. The molecule has 1 aliphatic rings. The van der Waals surface area contributed by atoms with E-state index in [1.54, 1.807) is 24.3 Å². The number of benzene rings is 1. The molecule has 0 radical (unpaired) electrons. The number of hydrogen-bond acceptors (Lipinski definition) is 4. The molecule has 2 rings (SSSR count). The van der Waals surface area contributed by atoms with E-state index in [2.05, 4.69) is 27.8 Å². The molecular weight excluding hydrogens is 344 g/mol. The first-order valence-electron chi connectivity index (χ1n) is 9.80. The number of urea groups is 1. The van der Waals surface area contributed by atoms with E-state index in [-0.39, 0.29) is 18.0 Å². The minimum Gasteiger partial charge on any atom is -0.449 e. The highest BCUT2D eigenvalue weighted by atomic mass is 16.5. The first kappa shape index (κ1) is 21.0. The molecule has 0 saturated carbocycles. The summed E-state index contributed by atoms with van der Waals surface area (Å²) in [6, 6.07) is 7.00. The van der Waals surface area contributed by atoms with Crippen molar-refractivity contribution in [2.45, 2.75) is 46.1 Å². The van der Waals surface area contributed by atoms with E-state index < -0.39 is 6.09 Å². The van der Waals surface area contributed by atoms with Crippen LogP contribution in [0.15, 0.2) is 24.3 Å². The molecule has 150 valence electrons. The number of piperidine rings is 1. The molecule has 1 saturated heterocycles. The Hall–Kier alpha value is -2.28. The lowest BCUT2D eigenvalue weighted by Crippen LogP contribution is -2.46. The fourth-order valence-corrected chi connectivity index (χ4v) is 3.04. The lowest BCUT2D eigenvalue weighted by Gasteiger charge is -2.32. The predicted molar refractivity (Wildman–Crippen MR) is 108 cm³/mol. The van der Waals surface area contributed by atoms with E-state index in [0.717, 1.165) is 38.9 Å². The Morgan fingerprint density at radius 2 is 1.85 bits per heavy atom. The lowest BCUT2D eigenvalue weighted by atomic mass is 10.1. The number of ether oxygens (including phenoxy) is 1. The van der Waals surface area contributed by atoms with E-state index in [1.165, 1.54) is 0 Å². The molecule has 0 aromatic heterocycles. The largest absolute Gasteiger partial charge is 0.449 e. The number of hydrogen-bond donors (Lipinski definition) is 3. The highest BCUT2D eigenvalue weighted by molar-refractivity contribution is 5.91. The van der Waals surface area contributed by atoms with Gasteiger partial charge < -0.3 is 20.3 Å². The van der Waals surface area contributed by atoms with Crippen LogP contribution in [-0.2, 0) is 4.74 Å². The number of rotatable bonds is 7. The van der Waals surface area contributed by atoms with Gasteiger partial charge in [-0.2, -0.15) is 0 Å². The molecule has 0 atom stereocenters. The van der Waals surface area contributed by atoms with Crippen LogP contribution in [0, 0.1) is 5.92 Å². The fourth-order valence-electron chi connectivity index (χ4n) is 3.04. The van der Waals surface area contributed by atoms with Gasteiger partial charge in [0.25, 0.3) is 0 Å². The Kier molecular flexibility index (Phi) is 8.39. The van der Waals surface area contributed by atoms with Crippen LogP contribution in [0.25, 0.3) is 0 Å². The number of carbonyl (C=O) groups excluding carboxylic acids is 2. The van der Waals surface area contributed by atoms with Crippen LogP contribution in [0.3, 0.4) is 0 Å². The van der Waals surface area contributed by atoms with Crippen LogP contribution in [0.2, 0.25) is 0 Å². The van der Waals surface area contributed by atoms with Crippen LogP contribution >= 0.6 is 0 Å². The van der Waals surface area contributed by atoms with Crippen molar-refractivity contribution >= 4 is 23.5 Å². The molecule has 1 aliphatic heterocycles. The van der Waals surface area contributed by atoms with Crippen LogP contribution in [0.4, 0.5) is 21.0 Å². The average molecular weight is 377 g/mol. The molecule has 1 fully saturated rings. The predicted octanol–water partition coefficient (Wildman–Crippen LogP) is 3.89. The van der Waals surface area contributed by atoms with Crippen LogP contribution in [-0.4, -0.2) is 49.3 Å². The summed E-state index contributed by atoms with van der Waals surface area (Å²) in [5.74, 6) is 0.279. The van der Waals surface area contributed by atoms with Gasteiger partial charge in [0, 0.05) is 30.5 Å². The van der Waals surface area contributed by atoms with E-state index >= 15 is 0 Å². The van der Waals surface area contributed by atoms with E-state index in [9.17, 15) is 9.59 Å². The number of nitrogens with zero attached hydrogens (tertiary/aromatic N) is 1. The zero-order valence-electron chi connectivity index (χ0n) is 16.6. The number of nitrogens with one attached hydrogen (secondary N) is 3. The third-order valence-electron chi connectivity index (χ3n) is 4.38. The molecule has 7 nitrogen and oxygen atoms in total. The Balaban J connectivity index is 1.78. The maximum atomic E-state index is 12.3. The maximum absolute atomic E-state index is 12.3. The first-order chi connectivity index (χ1) is 13.0. The molecule has 3 N–H and O–H groups in total. The smallest absolute Gasteiger partial charge is 0.411 e. The summed E-state index contributed by atoms with van der Waals surface area (Å²) in [6.07, 6.45) is 2.60. The summed E-state index contributed by atoms with van der Waals surface area (Å²) >= 11 is 0.